The summed E-state index contributed by atoms with van der Waals surface area (Å²) in [6.07, 6.45) is 0. The zero-order chi connectivity index (χ0) is 51.3. The lowest BCUT2D eigenvalue weighted by molar-refractivity contribution is 1.31. The van der Waals surface area contributed by atoms with E-state index in [9.17, 15) is 0 Å². The lowest BCUT2D eigenvalue weighted by Crippen LogP contribution is -2.12. The van der Waals surface area contributed by atoms with Gasteiger partial charge in [0.05, 0.1) is 11.4 Å². The van der Waals surface area contributed by atoms with Crippen LogP contribution in [0.1, 0.15) is 0 Å². The van der Waals surface area contributed by atoms with Gasteiger partial charge in [0.2, 0.25) is 0 Å². The number of hydrogen-bond acceptors (Lipinski definition) is 2. The molecule has 78 heavy (non-hydrogen) atoms. The second-order valence-corrected chi connectivity index (χ2v) is 20.9. The molecule has 16 rings (SSSR count). The molecule has 0 N–H and O–H groups in total. The number of nitrogens with zero attached hydrogens (tertiary/aromatic N) is 2. The zero-order valence-electron chi connectivity index (χ0n) is 42.6. The largest absolute Gasteiger partial charge is 0.310 e. The van der Waals surface area contributed by atoms with Crippen molar-refractivity contribution in [3.8, 4) is 22.3 Å². The summed E-state index contributed by atoms with van der Waals surface area (Å²) < 4.78 is 0. The summed E-state index contributed by atoms with van der Waals surface area (Å²) in [6.45, 7) is 0. The van der Waals surface area contributed by atoms with E-state index in [2.05, 4.69) is 301 Å². The van der Waals surface area contributed by atoms with Crippen molar-refractivity contribution in [2.45, 2.75) is 0 Å². The minimum Gasteiger partial charge on any atom is -0.310 e. The van der Waals surface area contributed by atoms with Crippen molar-refractivity contribution >= 4 is 131 Å². The third-order valence-electron chi connectivity index (χ3n) is 16.4. The molecule has 0 unspecified atom stereocenters. The number of benzene rings is 16. The molecule has 0 aliphatic carbocycles. The van der Waals surface area contributed by atoms with Gasteiger partial charge >= 0.3 is 0 Å². The molecule has 362 valence electrons. The highest BCUT2D eigenvalue weighted by atomic mass is 15.2. The Hall–Kier alpha value is -10.3. The SMILES string of the molecule is c1ccc2cc(-c3cc(N(c4ccc5ccccc5c4)c4ccc5ccccc5c4)c4ccc5c(-c6ccc7ccccc7c6)cc(N(c6ccc7ccccc7c6)c6ccc7ccccc7c6)c6ccc3c4c56)ccc2c1. The van der Waals surface area contributed by atoms with E-state index in [0.29, 0.717) is 0 Å². The van der Waals surface area contributed by atoms with Gasteiger partial charge in [-0.25, -0.2) is 0 Å². The fourth-order valence-electron chi connectivity index (χ4n) is 12.6. The molecule has 0 saturated heterocycles. The fraction of sp³-hybridized carbons (Fsp3) is 0. The molecule has 0 atom stereocenters. The topological polar surface area (TPSA) is 6.48 Å². The first-order chi connectivity index (χ1) is 38.6. The molecule has 0 bridgehead atoms. The lowest BCUT2D eigenvalue weighted by atomic mass is 9.84. The first-order valence-corrected chi connectivity index (χ1v) is 27.0. The highest BCUT2D eigenvalue weighted by Crippen LogP contribution is 2.53. The fourth-order valence-corrected chi connectivity index (χ4v) is 12.6. The summed E-state index contributed by atoms with van der Waals surface area (Å²) in [5, 5.41) is 21.7. The average molecular weight is 989 g/mol. The number of hydrogen-bond donors (Lipinski definition) is 0. The molecule has 2 heteroatoms. The van der Waals surface area contributed by atoms with Crippen molar-refractivity contribution in [3.63, 3.8) is 0 Å². The molecule has 0 saturated carbocycles. The second kappa shape index (κ2) is 17.7. The van der Waals surface area contributed by atoms with Crippen LogP contribution >= 0.6 is 0 Å². The highest BCUT2D eigenvalue weighted by molar-refractivity contribution is 6.33. The van der Waals surface area contributed by atoms with E-state index in [0.717, 1.165) is 34.1 Å². The second-order valence-electron chi connectivity index (χ2n) is 20.9. The van der Waals surface area contributed by atoms with Gasteiger partial charge in [0, 0.05) is 44.3 Å². The summed E-state index contributed by atoms with van der Waals surface area (Å²) in [4.78, 5) is 5.02. The van der Waals surface area contributed by atoms with Crippen molar-refractivity contribution in [1.82, 2.24) is 0 Å². The van der Waals surface area contributed by atoms with Crippen molar-refractivity contribution in [3.05, 3.63) is 291 Å². The van der Waals surface area contributed by atoms with Gasteiger partial charge in [-0.3, -0.25) is 0 Å². The summed E-state index contributed by atoms with van der Waals surface area (Å²) in [7, 11) is 0. The van der Waals surface area contributed by atoms with Crippen LogP contribution in [-0.4, -0.2) is 0 Å². The molecule has 16 aromatic carbocycles. The van der Waals surface area contributed by atoms with E-state index in [1.807, 2.05) is 0 Å². The Morgan fingerprint density at radius 1 is 0.179 bits per heavy atom. The summed E-state index contributed by atoms with van der Waals surface area (Å²) in [5.41, 5.74) is 11.3. The maximum Gasteiger partial charge on any atom is 0.0546 e. The Labute approximate surface area is 451 Å². The molecule has 0 aliphatic heterocycles. The van der Waals surface area contributed by atoms with Crippen molar-refractivity contribution in [2.75, 3.05) is 9.80 Å². The maximum atomic E-state index is 2.51. The quantitative estimate of drug-likeness (QED) is 0.140. The monoisotopic (exact) mass is 988 g/mol. The minimum atomic E-state index is 1.10. The van der Waals surface area contributed by atoms with Gasteiger partial charge in [-0.2, -0.15) is 0 Å². The first kappa shape index (κ1) is 44.1. The number of anilines is 6. The van der Waals surface area contributed by atoms with Gasteiger partial charge in [-0.1, -0.05) is 218 Å². The Morgan fingerprint density at radius 3 is 0.718 bits per heavy atom. The van der Waals surface area contributed by atoms with E-state index >= 15 is 0 Å². The number of fused-ring (bicyclic) bond motifs is 6. The Morgan fingerprint density at radius 2 is 0.423 bits per heavy atom. The van der Waals surface area contributed by atoms with E-state index in [1.165, 1.54) is 119 Å². The van der Waals surface area contributed by atoms with Gasteiger partial charge in [-0.15, -0.1) is 0 Å². The standard InChI is InChI=1S/C76H48N2/c1-7-19-55-41-61(27-25-49(55)13-1)71-47-73(77(63-33-29-51-15-3-9-21-57(51)43-63)64-34-30-52-16-4-10-22-58(52)44-64)69-40-38-68-72(62-28-26-50-14-2-8-20-56(50)42-62)48-74(70-39-37-67(71)75(69)76(68)70)78(65-35-31-53-17-5-11-23-59(53)45-65)66-36-32-54-18-6-12-24-60(54)46-66/h1-48H. The first-order valence-electron chi connectivity index (χ1n) is 27.0. The van der Waals surface area contributed by atoms with E-state index < -0.39 is 0 Å². The predicted octanol–water partition coefficient (Wildman–Crippen LogP) is 21.8. The third kappa shape index (κ3) is 7.19. The summed E-state index contributed by atoms with van der Waals surface area (Å²) >= 11 is 0. The molecule has 0 fully saturated rings. The summed E-state index contributed by atoms with van der Waals surface area (Å²) in [6, 6.07) is 109. The smallest absolute Gasteiger partial charge is 0.0546 e. The van der Waals surface area contributed by atoms with Crippen LogP contribution < -0.4 is 9.80 Å². The van der Waals surface area contributed by atoms with E-state index in [-0.39, 0.29) is 0 Å². The van der Waals surface area contributed by atoms with E-state index in [4.69, 9.17) is 0 Å². The normalized spacial score (nSPS) is 11.8. The Bertz CT molecular complexity index is 4590. The molecule has 0 spiro atoms. The molecule has 0 aromatic heterocycles. The molecule has 0 amide bonds. The van der Waals surface area contributed by atoms with Gasteiger partial charge in [-0.05, 0) is 170 Å². The molecule has 2 nitrogen and oxygen atoms in total. The Balaban J connectivity index is 1.07. The lowest BCUT2D eigenvalue weighted by Gasteiger charge is -2.31. The maximum absolute atomic E-state index is 2.51. The van der Waals surface area contributed by atoms with Gasteiger partial charge in [0.25, 0.3) is 0 Å². The highest BCUT2D eigenvalue weighted by Gasteiger charge is 2.27. The van der Waals surface area contributed by atoms with Gasteiger partial charge < -0.3 is 9.80 Å². The van der Waals surface area contributed by atoms with Crippen LogP contribution in [-0.2, 0) is 0 Å². The van der Waals surface area contributed by atoms with Crippen LogP contribution in [0.25, 0.3) is 119 Å². The van der Waals surface area contributed by atoms with Crippen LogP contribution in [0.15, 0.2) is 291 Å². The average Bonchev–Trinajstić information content (AvgIpc) is 3.69. The minimum absolute atomic E-state index is 1.10. The summed E-state index contributed by atoms with van der Waals surface area (Å²) in [5.74, 6) is 0. The van der Waals surface area contributed by atoms with Crippen LogP contribution in [0.4, 0.5) is 34.1 Å². The molecular formula is C76H48N2. The van der Waals surface area contributed by atoms with Crippen LogP contribution in [0.5, 0.6) is 0 Å². The number of rotatable bonds is 8. The van der Waals surface area contributed by atoms with Crippen LogP contribution in [0.2, 0.25) is 0 Å². The molecule has 16 aromatic rings. The zero-order valence-corrected chi connectivity index (χ0v) is 42.6. The Kier molecular flexibility index (Phi) is 9.98. The van der Waals surface area contributed by atoms with Gasteiger partial charge in [0.1, 0.15) is 0 Å². The van der Waals surface area contributed by atoms with Crippen LogP contribution in [0.3, 0.4) is 0 Å². The van der Waals surface area contributed by atoms with Crippen LogP contribution in [0, 0.1) is 0 Å². The van der Waals surface area contributed by atoms with Gasteiger partial charge in [0.15, 0.2) is 0 Å². The molecule has 0 heterocycles. The molecule has 0 aliphatic rings. The van der Waals surface area contributed by atoms with Crippen molar-refractivity contribution in [1.29, 1.82) is 0 Å². The predicted molar refractivity (Wildman–Crippen MR) is 335 cm³/mol. The van der Waals surface area contributed by atoms with Crippen molar-refractivity contribution < 1.29 is 0 Å². The molecule has 0 radical (unpaired) electrons. The van der Waals surface area contributed by atoms with Crippen molar-refractivity contribution in [2.24, 2.45) is 0 Å². The van der Waals surface area contributed by atoms with E-state index in [1.54, 1.807) is 0 Å². The molecular weight excluding hydrogens is 941 g/mol. The third-order valence-corrected chi connectivity index (χ3v) is 16.4.